The number of likely N-dealkylation sites (N-methyl/N-ethyl adjacent to an activating group) is 1. The summed E-state index contributed by atoms with van der Waals surface area (Å²) in [5, 5.41) is 4.84. The molecule has 0 aliphatic heterocycles. The van der Waals surface area contributed by atoms with Crippen LogP contribution >= 0.6 is 0 Å². The highest BCUT2D eigenvalue weighted by molar-refractivity contribution is 5.89. The second-order valence-electron chi connectivity index (χ2n) is 6.20. The average molecular weight is 388 g/mol. The summed E-state index contributed by atoms with van der Waals surface area (Å²) < 4.78 is 29.4. The predicted molar refractivity (Wildman–Crippen MR) is 98.5 cm³/mol. The van der Waals surface area contributed by atoms with Crippen LogP contribution in [0.5, 0.6) is 0 Å². The van der Waals surface area contributed by atoms with Gasteiger partial charge in [-0.2, -0.15) is 0 Å². The summed E-state index contributed by atoms with van der Waals surface area (Å²) in [5.41, 5.74) is 0.913. The van der Waals surface area contributed by atoms with E-state index in [0.717, 1.165) is 12.1 Å². The number of nitrogens with zero attached hydrogens (tertiary/aromatic N) is 2. The lowest BCUT2D eigenvalue weighted by Gasteiger charge is -2.18. The van der Waals surface area contributed by atoms with E-state index in [4.69, 9.17) is 0 Å². The third-order valence-corrected chi connectivity index (χ3v) is 4.44. The quantitative estimate of drug-likeness (QED) is 0.689. The summed E-state index contributed by atoms with van der Waals surface area (Å²) in [6.07, 6.45) is 0. The molecule has 2 amide bonds. The van der Waals surface area contributed by atoms with Crippen molar-refractivity contribution >= 4 is 22.8 Å². The van der Waals surface area contributed by atoms with Crippen LogP contribution in [0.3, 0.4) is 0 Å². The Morgan fingerprint density at radius 3 is 2.39 bits per heavy atom. The normalized spacial score (nSPS) is 12.0. The second-order valence-corrected chi connectivity index (χ2v) is 6.20. The van der Waals surface area contributed by atoms with Crippen molar-refractivity contribution in [3.8, 4) is 0 Å². The molecule has 28 heavy (non-hydrogen) atoms. The number of halogens is 2. The molecule has 2 aromatic carbocycles. The van der Waals surface area contributed by atoms with Crippen LogP contribution in [-0.4, -0.2) is 28.0 Å². The Bertz CT molecular complexity index is 1120. The first-order valence-electron chi connectivity index (χ1n) is 8.43. The number of carbonyl (C=O) groups is 2. The number of carbonyl (C=O) groups excluding carboxylic acids is 2. The van der Waals surface area contributed by atoms with Gasteiger partial charge in [0, 0.05) is 14.1 Å². The first kappa shape index (κ1) is 19.3. The number of imidazole rings is 1. The number of fused-ring (bicyclic) bond motifs is 1. The number of hydrogen-bond acceptors (Lipinski definition) is 3. The molecule has 1 heterocycles. The standard InChI is InChI=1S/C19H18F2N4O3/c1-22-18(27)17(11-7-8-12(20)13(21)9-11)23-16(26)10-25-15-6-4-3-5-14(15)24(2)19(25)28/h3-9,17H,10H2,1-2H3,(H,22,27)(H,23,26). The van der Waals surface area contributed by atoms with Gasteiger partial charge in [0.15, 0.2) is 11.6 Å². The van der Waals surface area contributed by atoms with Crippen molar-refractivity contribution in [1.82, 2.24) is 19.8 Å². The van der Waals surface area contributed by atoms with Crippen molar-refractivity contribution in [2.75, 3.05) is 7.05 Å². The summed E-state index contributed by atoms with van der Waals surface area (Å²) in [6.45, 7) is -0.336. The molecule has 0 aliphatic carbocycles. The minimum absolute atomic E-state index is 0.0804. The molecule has 7 nitrogen and oxygen atoms in total. The second kappa shape index (κ2) is 7.63. The van der Waals surface area contributed by atoms with Gasteiger partial charge >= 0.3 is 5.69 Å². The van der Waals surface area contributed by atoms with Gasteiger partial charge in [-0.3, -0.25) is 18.7 Å². The molecule has 0 radical (unpaired) electrons. The van der Waals surface area contributed by atoms with E-state index >= 15 is 0 Å². The SMILES string of the molecule is CNC(=O)C(NC(=O)Cn1c(=O)n(C)c2ccccc21)c1ccc(F)c(F)c1. The lowest BCUT2D eigenvalue weighted by molar-refractivity contribution is -0.129. The van der Waals surface area contributed by atoms with E-state index in [0.29, 0.717) is 11.0 Å². The Balaban J connectivity index is 1.89. The summed E-state index contributed by atoms with van der Waals surface area (Å²) in [5.74, 6) is -3.43. The van der Waals surface area contributed by atoms with E-state index in [2.05, 4.69) is 10.6 Å². The van der Waals surface area contributed by atoms with Crippen LogP contribution < -0.4 is 16.3 Å². The number of rotatable bonds is 5. The van der Waals surface area contributed by atoms with Gasteiger partial charge in [0.2, 0.25) is 11.8 Å². The molecule has 1 unspecified atom stereocenters. The minimum atomic E-state index is -1.24. The lowest BCUT2D eigenvalue weighted by Crippen LogP contribution is -2.41. The van der Waals surface area contributed by atoms with Crippen LogP contribution in [-0.2, 0) is 23.2 Å². The van der Waals surface area contributed by atoms with Crippen molar-refractivity contribution < 1.29 is 18.4 Å². The Morgan fingerprint density at radius 2 is 1.75 bits per heavy atom. The first-order valence-corrected chi connectivity index (χ1v) is 8.43. The molecule has 0 saturated heterocycles. The molecule has 0 spiro atoms. The molecule has 0 aliphatic rings. The fraction of sp³-hybridized carbons (Fsp3) is 0.211. The van der Waals surface area contributed by atoms with Gasteiger partial charge in [-0.1, -0.05) is 18.2 Å². The number of benzene rings is 2. The molecule has 9 heteroatoms. The Morgan fingerprint density at radius 1 is 1.07 bits per heavy atom. The predicted octanol–water partition coefficient (Wildman–Crippen LogP) is 1.22. The van der Waals surface area contributed by atoms with Gasteiger partial charge in [0.25, 0.3) is 0 Å². The van der Waals surface area contributed by atoms with Crippen LogP contribution in [0.2, 0.25) is 0 Å². The van der Waals surface area contributed by atoms with Crippen molar-refractivity contribution in [2.24, 2.45) is 7.05 Å². The monoisotopic (exact) mass is 388 g/mol. The zero-order valence-electron chi connectivity index (χ0n) is 15.2. The van der Waals surface area contributed by atoms with Crippen molar-refractivity contribution in [2.45, 2.75) is 12.6 Å². The lowest BCUT2D eigenvalue weighted by atomic mass is 10.1. The largest absolute Gasteiger partial charge is 0.357 e. The summed E-state index contributed by atoms with van der Waals surface area (Å²) in [4.78, 5) is 37.1. The summed E-state index contributed by atoms with van der Waals surface area (Å²) >= 11 is 0. The van der Waals surface area contributed by atoms with Gasteiger partial charge in [0.1, 0.15) is 12.6 Å². The highest BCUT2D eigenvalue weighted by Gasteiger charge is 2.24. The summed E-state index contributed by atoms with van der Waals surface area (Å²) in [6, 6.07) is 8.67. The van der Waals surface area contributed by atoms with Gasteiger partial charge in [-0.25, -0.2) is 13.6 Å². The van der Waals surface area contributed by atoms with Crippen molar-refractivity contribution in [1.29, 1.82) is 0 Å². The molecule has 2 N–H and O–H groups in total. The Hall–Kier alpha value is -3.49. The fourth-order valence-electron chi connectivity index (χ4n) is 3.00. The van der Waals surface area contributed by atoms with Gasteiger partial charge in [-0.15, -0.1) is 0 Å². The van der Waals surface area contributed by atoms with Gasteiger partial charge < -0.3 is 10.6 Å². The molecule has 146 valence electrons. The number of hydrogen-bond donors (Lipinski definition) is 2. The Labute approximate surface area is 158 Å². The van der Waals surface area contributed by atoms with Crippen LogP contribution in [0.4, 0.5) is 8.78 Å². The maximum absolute atomic E-state index is 13.6. The fourth-order valence-corrected chi connectivity index (χ4v) is 3.00. The molecule has 0 bridgehead atoms. The van der Waals surface area contributed by atoms with Crippen LogP contribution in [0.1, 0.15) is 11.6 Å². The van der Waals surface area contributed by atoms with Crippen LogP contribution in [0, 0.1) is 11.6 Å². The van der Waals surface area contributed by atoms with Crippen molar-refractivity contribution in [3.05, 3.63) is 70.1 Å². The maximum atomic E-state index is 13.6. The molecule has 0 fully saturated rings. The van der Waals surface area contributed by atoms with Crippen LogP contribution in [0.15, 0.2) is 47.3 Å². The third kappa shape index (κ3) is 3.51. The number of para-hydroxylation sites is 2. The average Bonchev–Trinajstić information content (AvgIpc) is 2.93. The first-order chi connectivity index (χ1) is 13.3. The van der Waals surface area contributed by atoms with E-state index < -0.39 is 29.5 Å². The summed E-state index contributed by atoms with van der Waals surface area (Å²) in [7, 11) is 2.95. The van der Waals surface area contributed by atoms with Gasteiger partial charge in [0.05, 0.1) is 11.0 Å². The smallest absolute Gasteiger partial charge is 0.329 e. The van der Waals surface area contributed by atoms with Gasteiger partial charge in [-0.05, 0) is 29.8 Å². The molecule has 3 rings (SSSR count). The number of aromatic nitrogens is 2. The van der Waals surface area contributed by atoms with E-state index in [9.17, 15) is 23.2 Å². The van der Waals surface area contributed by atoms with E-state index in [1.165, 1.54) is 22.2 Å². The zero-order valence-corrected chi connectivity index (χ0v) is 15.2. The number of aryl methyl sites for hydroxylation is 1. The molecule has 1 atom stereocenters. The molecule has 1 aromatic heterocycles. The topological polar surface area (TPSA) is 85.1 Å². The minimum Gasteiger partial charge on any atom is -0.357 e. The molecular weight excluding hydrogens is 370 g/mol. The van der Waals surface area contributed by atoms with Crippen molar-refractivity contribution in [3.63, 3.8) is 0 Å². The molecular formula is C19H18F2N4O3. The Kier molecular flexibility index (Phi) is 5.25. The van der Waals surface area contributed by atoms with Crippen LogP contribution in [0.25, 0.3) is 11.0 Å². The third-order valence-electron chi connectivity index (χ3n) is 4.44. The van der Waals surface area contributed by atoms with E-state index in [1.807, 2.05) is 0 Å². The highest BCUT2D eigenvalue weighted by atomic mass is 19.2. The highest BCUT2D eigenvalue weighted by Crippen LogP contribution is 2.17. The number of amides is 2. The maximum Gasteiger partial charge on any atom is 0.329 e. The number of nitrogens with one attached hydrogen (secondary N) is 2. The molecule has 0 saturated carbocycles. The van der Waals surface area contributed by atoms with E-state index in [1.54, 1.807) is 31.3 Å². The molecule has 3 aromatic rings. The van der Waals surface area contributed by atoms with E-state index in [-0.39, 0.29) is 17.8 Å². The zero-order chi connectivity index (χ0) is 20.4.